The van der Waals surface area contributed by atoms with Crippen molar-refractivity contribution in [3.63, 3.8) is 0 Å². The van der Waals surface area contributed by atoms with Crippen LogP contribution < -0.4 is 10.2 Å². The number of amides is 2. The number of nitrogens with one attached hydrogen (secondary N) is 1. The van der Waals surface area contributed by atoms with Gasteiger partial charge in [0.25, 0.3) is 5.91 Å². The molecule has 3 aromatic carbocycles. The van der Waals surface area contributed by atoms with Crippen molar-refractivity contribution in [3.05, 3.63) is 95.0 Å². The Morgan fingerprint density at radius 3 is 2.15 bits per heavy atom. The molecule has 0 saturated carbocycles. The van der Waals surface area contributed by atoms with Crippen LogP contribution in [0.5, 0.6) is 0 Å². The number of hydrogen-bond acceptors (Lipinski definition) is 3. The molecule has 2 amide bonds. The molecule has 1 atom stereocenters. The van der Waals surface area contributed by atoms with Gasteiger partial charge in [0.1, 0.15) is 17.7 Å². The molecule has 1 saturated heterocycles. The lowest BCUT2D eigenvalue weighted by Crippen LogP contribution is -2.39. The zero-order valence-electron chi connectivity index (χ0n) is 17.9. The van der Waals surface area contributed by atoms with E-state index in [-0.39, 0.29) is 29.2 Å². The second-order valence-electron chi connectivity index (χ2n) is 7.78. The Bertz CT molecular complexity index is 1200. The topological polar surface area (TPSA) is 52.7 Å². The highest BCUT2D eigenvalue weighted by Gasteiger charge is 2.43. The normalized spacial score (nSPS) is 15.7. The van der Waals surface area contributed by atoms with E-state index in [1.165, 1.54) is 41.3 Å². The van der Waals surface area contributed by atoms with Crippen molar-refractivity contribution in [2.24, 2.45) is 0 Å². The largest absolute Gasteiger partial charge is 0.336 e. The highest BCUT2D eigenvalue weighted by Crippen LogP contribution is 2.28. The average molecular weight is 500 g/mol. The third-order valence-corrected chi connectivity index (χ3v) is 6.13. The van der Waals surface area contributed by atoms with Gasteiger partial charge in [-0.1, -0.05) is 23.7 Å². The molecule has 4 rings (SSSR count). The number of nitrogens with zero attached hydrogens (tertiary/aromatic N) is 2. The van der Waals surface area contributed by atoms with Crippen LogP contribution in [0.1, 0.15) is 12.0 Å². The zero-order valence-corrected chi connectivity index (χ0v) is 19.5. The zero-order chi connectivity index (χ0) is 24.2. The molecule has 34 heavy (non-hydrogen) atoms. The molecular formula is C25H20ClF2N3O2S. The van der Waals surface area contributed by atoms with Gasteiger partial charge in [-0.25, -0.2) is 8.78 Å². The van der Waals surface area contributed by atoms with Crippen molar-refractivity contribution in [1.82, 2.24) is 4.90 Å². The Balaban J connectivity index is 1.55. The first-order valence-electron chi connectivity index (χ1n) is 10.5. The first-order chi connectivity index (χ1) is 16.3. The molecule has 0 spiro atoms. The minimum atomic E-state index is -0.842. The van der Waals surface area contributed by atoms with Crippen molar-refractivity contribution in [1.29, 1.82) is 0 Å². The molecule has 9 heteroatoms. The minimum absolute atomic E-state index is 0.136. The number of benzene rings is 3. The van der Waals surface area contributed by atoms with E-state index in [1.807, 2.05) is 0 Å². The van der Waals surface area contributed by atoms with Crippen LogP contribution in [0.15, 0.2) is 72.8 Å². The number of rotatable bonds is 7. The molecule has 1 N–H and O–H groups in total. The molecule has 0 radical (unpaired) electrons. The molecule has 1 heterocycles. The smallest absolute Gasteiger partial charge is 0.256 e. The molecule has 0 aliphatic carbocycles. The first kappa shape index (κ1) is 23.8. The lowest BCUT2D eigenvalue weighted by atomic mass is 10.1. The van der Waals surface area contributed by atoms with Crippen LogP contribution in [0.25, 0.3) is 0 Å². The summed E-state index contributed by atoms with van der Waals surface area (Å²) in [5, 5.41) is 3.53. The summed E-state index contributed by atoms with van der Waals surface area (Å²) in [5.41, 5.74) is 1.83. The molecule has 0 bridgehead atoms. The Hall–Kier alpha value is -3.36. The summed E-state index contributed by atoms with van der Waals surface area (Å²) < 4.78 is 26.7. The Morgan fingerprint density at radius 2 is 1.53 bits per heavy atom. The van der Waals surface area contributed by atoms with Gasteiger partial charge in [0.2, 0.25) is 5.91 Å². The van der Waals surface area contributed by atoms with E-state index in [0.717, 1.165) is 5.56 Å². The van der Waals surface area contributed by atoms with Gasteiger partial charge in [-0.3, -0.25) is 14.5 Å². The van der Waals surface area contributed by atoms with Crippen LogP contribution >= 0.6 is 23.8 Å². The third-order valence-electron chi connectivity index (χ3n) is 5.46. The highest BCUT2D eigenvalue weighted by molar-refractivity contribution is 7.80. The van der Waals surface area contributed by atoms with Gasteiger partial charge in [0.15, 0.2) is 5.11 Å². The Morgan fingerprint density at radius 1 is 0.941 bits per heavy atom. The maximum absolute atomic E-state index is 13.4. The third kappa shape index (κ3) is 5.40. The molecule has 5 nitrogen and oxygen atoms in total. The molecule has 3 aromatic rings. The molecule has 174 valence electrons. The molecule has 0 aromatic heterocycles. The van der Waals surface area contributed by atoms with Crippen molar-refractivity contribution in [3.8, 4) is 0 Å². The summed E-state index contributed by atoms with van der Waals surface area (Å²) in [6, 6.07) is 17.3. The minimum Gasteiger partial charge on any atom is -0.336 e. The van der Waals surface area contributed by atoms with E-state index in [9.17, 15) is 18.4 Å². The van der Waals surface area contributed by atoms with Crippen LogP contribution in [0.4, 0.5) is 20.2 Å². The van der Waals surface area contributed by atoms with Crippen molar-refractivity contribution >= 4 is 52.1 Å². The van der Waals surface area contributed by atoms with Gasteiger partial charge >= 0.3 is 0 Å². The Kier molecular flexibility index (Phi) is 7.19. The van der Waals surface area contributed by atoms with Crippen LogP contribution in [0.2, 0.25) is 5.02 Å². The maximum atomic E-state index is 13.4. The predicted octanol–water partition coefficient (Wildman–Crippen LogP) is 5.19. The molecule has 1 aliphatic heterocycles. The van der Waals surface area contributed by atoms with E-state index in [2.05, 4.69) is 5.32 Å². The molecule has 1 fully saturated rings. The van der Waals surface area contributed by atoms with Crippen molar-refractivity contribution in [2.45, 2.75) is 18.9 Å². The van der Waals surface area contributed by atoms with Gasteiger partial charge in [-0.15, -0.1) is 0 Å². The summed E-state index contributed by atoms with van der Waals surface area (Å²) >= 11 is 11.5. The summed E-state index contributed by atoms with van der Waals surface area (Å²) in [5.74, 6) is -1.51. The van der Waals surface area contributed by atoms with Crippen LogP contribution in [0, 0.1) is 11.6 Å². The summed E-state index contributed by atoms with van der Waals surface area (Å²) in [6.07, 6.45) is 0.350. The summed E-state index contributed by atoms with van der Waals surface area (Å²) in [7, 11) is 0. The first-order valence-corrected chi connectivity index (χ1v) is 11.3. The van der Waals surface area contributed by atoms with E-state index in [4.69, 9.17) is 23.8 Å². The number of carbonyl (C=O) groups excluding carboxylic acids is 2. The number of thiocarbonyl (C=S) groups is 1. The van der Waals surface area contributed by atoms with E-state index in [1.54, 1.807) is 41.3 Å². The highest BCUT2D eigenvalue weighted by atomic mass is 35.5. The van der Waals surface area contributed by atoms with Gasteiger partial charge in [0.05, 0.1) is 12.1 Å². The standard InChI is InChI=1S/C25H20ClF2N3O2S/c26-17-3-9-20(10-4-17)29-23(32)15-22-24(33)31(21-11-7-19(28)8-12-21)25(34)30(22)14-13-16-1-5-18(27)6-2-16/h1-12,22H,13-15H2,(H,29,32)/t22-/m0/s1. The number of hydrogen-bond donors (Lipinski definition) is 1. The monoisotopic (exact) mass is 499 g/mol. The lowest BCUT2D eigenvalue weighted by molar-refractivity contribution is -0.124. The second-order valence-corrected chi connectivity index (χ2v) is 8.58. The van der Waals surface area contributed by atoms with Crippen molar-refractivity contribution < 1.29 is 18.4 Å². The van der Waals surface area contributed by atoms with Gasteiger partial charge in [0, 0.05) is 17.3 Å². The van der Waals surface area contributed by atoms with Crippen LogP contribution in [-0.4, -0.2) is 34.4 Å². The van der Waals surface area contributed by atoms with Gasteiger partial charge in [-0.05, 0) is 84.9 Å². The molecule has 0 unspecified atom stereocenters. The van der Waals surface area contributed by atoms with Gasteiger partial charge < -0.3 is 10.2 Å². The predicted molar refractivity (Wildman–Crippen MR) is 132 cm³/mol. The Labute approximate surface area is 205 Å². The van der Waals surface area contributed by atoms with E-state index >= 15 is 0 Å². The van der Waals surface area contributed by atoms with E-state index in [0.29, 0.717) is 29.4 Å². The SMILES string of the molecule is O=C(C[C@H]1C(=O)N(c2ccc(F)cc2)C(=S)N1CCc1ccc(F)cc1)Nc1ccc(Cl)cc1. The fourth-order valence-electron chi connectivity index (χ4n) is 3.74. The summed E-state index contributed by atoms with van der Waals surface area (Å²) in [4.78, 5) is 29.1. The van der Waals surface area contributed by atoms with E-state index < -0.39 is 11.9 Å². The number of halogens is 3. The number of carbonyl (C=O) groups is 2. The second kappa shape index (κ2) is 10.3. The summed E-state index contributed by atoms with van der Waals surface area (Å²) in [6.45, 7) is 0.340. The number of anilines is 2. The lowest BCUT2D eigenvalue weighted by Gasteiger charge is -2.24. The van der Waals surface area contributed by atoms with Gasteiger partial charge in [-0.2, -0.15) is 0 Å². The molecular weight excluding hydrogens is 480 g/mol. The van der Waals surface area contributed by atoms with Crippen molar-refractivity contribution in [2.75, 3.05) is 16.8 Å². The average Bonchev–Trinajstić information content (AvgIpc) is 3.04. The fraction of sp³-hybridized carbons (Fsp3) is 0.160. The quantitative estimate of drug-likeness (QED) is 0.454. The fourth-order valence-corrected chi connectivity index (χ4v) is 4.28. The maximum Gasteiger partial charge on any atom is 0.256 e. The van der Waals surface area contributed by atoms with Crippen LogP contribution in [0.3, 0.4) is 0 Å². The van der Waals surface area contributed by atoms with Crippen LogP contribution in [-0.2, 0) is 16.0 Å². The molecule has 1 aliphatic rings.